The summed E-state index contributed by atoms with van der Waals surface area (Å²) in [6.07, 6.45) is 0.619. The SMILES string of the molecule is C=C(C(=O)c1ccc(S(=O)(=O)NC(=O)CCC)cc1)c1cc(-c2cc3ccccc3[nH]2)c(OC)cc1OC.[H-].[Na+]. The summed E-state index contributed by atoms with van der Waals surface area (Å²) in [7, 11) is -0.985. The fourth-order valence-corrected chi connectivity index (χ4v) is 5.15. The number of carbonyl (C=O) groups is 2. The molecule has 0 radical (unpaired) electrons. The van der Waals surface area contributed by atoms with Crippen LogP contribution in [0.3, 0.4) is 0 Å². The largest absolute Gasteiger partial charge is 1.00 e. The second kappa shape index (κ2) is 12.7. The Labute approximate surface area is 251 Å². The molecule has 0 aliphatic carbocycles. The Morgan fingerprint density at radius 1 is 0.974 bits per heavy atom. The first-order valence-electron chi connectivity index (χ1n) is 11.9. The van der Waals surface area contributed by atoms with Crippen molar-refractivity contribution in [1.29, 1.82) is 0 Å². The molecular weight excluding hydrogens is 527 g/mol. The Morgan fingerprint density at radius 3 is 2.26 bits per heavy atom. The number of aromatic amines is 1. The number of allylic oxidation sites excluding steroid dienone is 1. The zero-order valence-corrected chi connectivity index (χ0v) is 25.1. The first-order valence-corrected chi connectivity index (χ1v) is 13.4. The summed E-state index contributed by atoms with van der Waals surface area (Å²) in [6.45, 7) is 5.80. The molecule has 4 aromatic rings. The van der Waals surface area contributed by atoms with Crippen molar-refractivity contribution in [3.63, 3.8) is 0 Å². The molecule has 3 aromatic carbocycles. The molecule has 0 aliphatic heterocycles. The number of carbonyl (C=O) groups excluding carboxylic acids is 2. The van der Waals surface area contributed by atoms with E-state index in [4.69, 9.17) is 9.47 Å². The Kier molecular flexibility index (Phi) is 9.79. The van der Waals surface area contributed by atoms with E-state index in [2.05, 4.69) is 11.6 Å². The number of nitrogens with one attached hydrogen (secondary N) is 2. The molecule has 0 bridgehead atoms. The minimum atomic E-state index is -4.03. The standard InChI is InChI=1S/C29H28N2O6S.Na.H/c1-5-8-28(32)31-38(34,35)21-13-11-19(12-14-21)29(33)18(2)22-16-23(27(37-4)17-26(22)36-3)25-15-20-9-6-7-10-24(20)30-25;;/h6-7,9-17,30H,2,5,8H2,1,3-4H3,(H,31,32);;/q;+1;-1. The van der Waals surface area contributed by atoms with Crippen LogP contribution in [0.4, 0.5) is 0 Å². The third-order valence-electron chi connectivity index (χ3n) is 6.09. The van der Waals surface area contributed by atoms with E-state index in [0.717, 1.165) is 22.2 Å². The number of benzene rings is 3. The van der Waals surface area contributed by atoms with Crippen molar-refractivity contribution >= 4 is 38.2 Å². The molecule has 0 fully saturated rings. The molecule has 10 heteroatoms. The van der Waals surface area contributed by atoms with E-state index in [1.807, 2.05) is 35.1 Å². The molecule has 0 aliphatic rings. The Bertz CT molecular complexity index is 1620. The number of rotatable bonds is 10. The number of aromatic nitrogens is 1. The van der Waals surface area contributed by atoms with Crippen molar-refractivity contribution in [3.05, 3.63) is 84.4 Å². The Balaban J connectivity index is 0.00000280. The fraction of sp³-hybridized carbons (Fsp3) is 0.172. The van der Waals surface area contributed by atoms with Gasteiger partial charge < -0.3 is 15.9 Å². The number of sulfonamides is 1. The summed E-state index contributed by atoms with van der Waals surface area (Å²) in [5, 5.41) is 1.03. The van der Waals surface area contributed by atoms with Gasteiger partial charge in [-0.25, -0.2) is 13.1 Å². The molecule has 0 unspecified atom stereocenters. The van der Waals surface area contributed by atoms with Gasteiger partial charge in [0.25, 0.3) is 10.0 Å². The molecule has 1 aromatic heterocycles. The number of H-pyrrole nitrogens is 1. The maximum atomic E-state index is 13.4. The van der Waals surface area contributed by atoms with Gasteiger partial charge in [-0.15, -0.1) is 0 Å². The summed E-state index contributed by atoms with van der Waals surface area (Å²) in [6, 6.07) is 18.7. The first-order chi connectivity index (χ1) is 18.2. The molecule has 198 valence electrons. The fourth-order valence-electron chi connectivity index (χ4n) is 4.13. The van der Waals surface area contributed by atoms with Gasteiger partial charge in [0, 0.05) is 45.7 Å². The average Bonchev–Trinajstić information content (AvgIpc) is 3.35. The van der Waals surface area contributed by atoms with Gasteiger partial charge in [0.1, 0.15) is 11.5 Å². The number of ketones is 1. The number of para-hydroxylation sites is 1. The molecule has 0 saturated heterocycles. The monoisotopic (exact) mass is 556 g/mol. The van der Waals surface area contributed by atoms with Gasteiger partial charge in [-0.3, -0.25) is 9.59 Å². The molecular formula is C29H29N2NaO6S. The van der Waals surface area contributed by atoms with Crippen molar-refractivity contribution in [2.75, 3.05) is 14.2 Å². The van der Waals surface area contributed by atoms with Crippen LogP contribution in [0.1, 0.15) is 37.1 Å². The number of hydrogen-bond donors (Lipinski definition) is 2. The predicted molar refractivity (Wildman–Crippen MR) is 148 cm³/mol. The van der Waals surface area contributed by atoms with Crippen molar-refractivity contribution in [3.8, 4) is 22.8 Å². The molecule has 0 atom stereocenters. The molecule has 4 rings (SSSR count). The Morgan fingerprint density at radius 2 is 1.64 bits per heavy atom. The zero-order chi connectivity index (χ0) is 27.4. The minimum Gasteiger partial charge on any atom is -1.00 e. The van der Waals surface area contributed by atoms with Gasteiger partial charge in [-0.05, 0) is 48.9 Å². The maximum absolute atomic E-state index is 13.4. The van der Waals surface area contributed by atoms with E-state index < -0.39 is 21.7 Å². The molecule has 39 heavy (non-hydrogen) atoms. The van der Waals surface area contributed by atoms with Crippen LogP contribution in [0.2, 0.25) is 0 Å². The quantitative estimate of drug-likeness (QED) is 0.176. The predicted octanol–water partition coefficient (Wildman–Crippen LogP) is 2.47. The minimum absolute atomic E-state index is 0. The number of ether oxygens (including phenoxy) is 2. The summed E-state index contributed by atoms with van der Waals surface area (Å²) >= 11 is 0. The average molecular weight is 557 g/mol. The second-order valence-corrected chi connectivity index (χ2v) is 10.3. The van der Waals surface area contributed by atoms with Crippen molar-refractivity contribution in [1.82, 2.24) is 9.71 Å². The number of Topliss-reactive ketones (excluding diaryl/α,β-unsaturated/α-hetero) is 1. The molecule has 1 heterocycles. The van der Waals surface area contributed by atoms with Crippen molar-refractivity contribution in [2.24, 2.45) is 0 Å². The Hall–Kier alpha value is -3.37. The van der Waals surface area contributed by atoms with E-state index >= 15 is 0 Å². The normalized spacial score (nSPS) is 10.9. The second-order valence-electron chi connectivity index (χ2n) is 8.63. The van der Waals surface area contributed by atoms with Crippen molar-refractivity contribution in [2.45, 2.75) is 24.7 Å². The molecule has 1 amide bonds. The molecule has 8 nitrogen and oxygen atoms in total. The van der Waals surface area contributed by atoms with Gasteiger partial charge in [-0.1, -0.05) is 31.7 Å². The van der Waals surface area contributed by atoms with Crippen LogP contribution in [-0.4, -0.2) is 39.3 Å². The summed E-state index contributed by atoms with van der Waals surface area (Å²) in [5.74, 6) is -0.0385. The topological polar surface area (TPSA) is 115 Å². The van der Waals surface area contributed by atoms with Crippen LogP contribution in [0, 0.1) is 0 Å². The maximum Gasteiger partial charge on any atom is 1.00 e. The smallest absolute Gasteiger partial charge is 1.00 e. The van der Waals surface area contributed by atoms with Crippen LogP contribution < -0.4 is 43.8 Å². The van der Waals surface area contributed by atoms with E-state index in [0.29, 0.717) is 23.5 Å². The van der Waals surface area contributed by atoms with Gasteiger partial charge in [0.05, 0.1) is 24.8 Å². The van der Waals surface area contributed by atoms with Gasteiger partial charge in [0.15, 0.2) is 5.78 Å². The van der Waals surface area contributed by atoms with Gasteiger partial charge in [0.2, 0.25) is 5.91 Å². The number of hydrogen-bond acceptors (Lipinski definition) is 6. The molecule has 0 saturated carbocycles. The molecule has 2 N–H and O–H groups in total. The zero-order valence-electron chi connectivity index (χ0n) is 23.3. The summed E-state index contributed by atoms with van der Waals surface area (Å²) < 4.78 is 38.1. The van der Waals surface area contributed by atoms with Crippen LogP contribution in [0.5, 0.6) is 11.5 Å². The van der Waals surface area contributed by atoms with Crippen LogP contribution >= 0.6 is 0 Å². The van der Waals surface area contributed by atoms with E-state index in [1.165, 1.54) is 31.4 Å². The first kappa shape index (κ1) is 30.2. The number of fused-ring (bicyclic) bond motifs is 1. The third kappa shape index (κ3) is 6.45. The molecule has 0 spiro atoms. The van der Waals surface area contributed by atoms with E-state index in [1.54, 1.807) is 26.2 Å². The number of amides is 1. The van der Waals surface area contributed by atoms with Crippen LogP contribution in [0.15, 0.2) is 78.2 Å². The summed E-state index contributed by atoms with van der Waals surface area (Å²) in [5.41, 5.74) is 3.34. The summed E-state index contributed by atoms with van der Waals surface area (Å²) in [4.78, 5) is 28.4. The van der Waals surface area contributed by atoms with Crippen LogP contribution in [0.25, 0.3) is 27.7 Å². The van der Waals surface area contributed by atoms with E-state index in [9.17, 15) is 18.0 Å². The van der Waals surface area contributed by atoms with Gasteiger partial charge in [-0.2, -0.15) is 0 Å². The van der Waals surface area contributed by atoms with Crippen LogP contribution in [-0.2, 0) is 14.8 Å². The third-order valence-corrected chi connectivity index (χ3v) is 7.48. The van der Waals surface area contributed by atoms with Crippen molar-refractivity contribution < 1.29 is 58.5 Å². The number of methoxy groups -OCH3 is 2. The van der Waals surface area contributed by atoms with E-state index in [-0.39, 0.29) is 53.4 Å². The van der Waals surface area contributed by atoms with Gasteiger partial charge >= 0.3 is 29.6 Å².